The van der Waals surface area contributed by atoms with E-state index in [0.717, 1.165) is 28.5 Å². The van der Waals surface area contributed by atoms with Crippen molar-refractivity contribution in [3.05, 3.63) is 29.8 Å². The second-order valence-corrected chi connectivity index (χ2v) is 21.3. The lowest BCUT2D eigenvalue weighted by Gasteiger charge is -2.31. The Balaban J connectivity index is 0.00000284. The third-order valence-electron chi connectivity index (χ3n) is 11.8. The van der Waals surface area contributed by atoms with E-state index in [1.807, 2.05) is 0 Å². The van der Waals surface area contributed by atoms with Crippen LogP contribution in [0, 0.1) is 11.8 Å². The molecule has 0 radical (unpaired) electrons. The fraction of sp³-hybridized carbons (Fsp3) is 0.596. The molecular weight excluding hydrogens is 1100 g/mol. The highest BCUT2D eigenvalue weighted by atomic mass is 33.1. The monoisotopic (exact) mass is 1160 g/mol. The number of nitrogens with zero attached hydrogens (tertiary/aromatic N) is 1. The quantitative estimate of drug-likeness (QED) is 0.0694. The van der Waals surface area contributed by atoms with E-state index in [0.29, 0.717) is 18.4 Å². The smallest absolute Gasteiger partial charge is 0.490 e. The number of rotatable bonds is 18. The lowest BCUT2D eigenvalue weighted by atomic mass is 9.96. The molecule has 0 aliphatic carbocycles. The molecule has 2 aliphatic rings. The number of halogens is 3. The van der Waals surface area contributed by atoms with Crippen molar-refractivity contribution in [1.82, 2.24) is 47.4 Å². The molecule has 0 unspecified atom stereocenters. The molecule has 2 heterocycles. The van der Waals surface area contributed by atoms with Gasteiger partial charge in [-0.2, -0.15) is 13.2 Å². The van der Waals surface area contributed by atoms with Gasteiger partial charge in [-0.3, -0.25) is 57.5 Å². The first-order valence-corrected chi connectivity index (χ1v) is 27.1. The first-order chi connectivity index (χ1) is 36.8. The molecule has 0 aromatic heterocycles. The van der Waals surface area contributed by atoms with Crippen LogP contribution < -0.4 is 54.0 Å². The Kier molecular flexibility index (Phi) is 27.9. The van der Waals surface area contributed by atoms with Crippen LogP contribution in [0.2, 0.25) is 0 Å². The molecule has 15 N–H and O–H groups in total. The lowest BCUT2D eigenvalue weighted by Crippen LogP contribution is -2.62. The number of benzene rings is 1. The van der Waals surface area contributed by atoms with Gasteiger partial charge in [-0.15, -0.1) is 0 Å². The van der Waals surface area contributed by atoms with Crippen molar-refractivity contribution in [2.75, 3.05) is 24.6 Å². The number of nitrogens with two attached hydrogens (primary N) is 2. The molecule has 11 amide bonds. The minimum Gasteiger partial charge on any atom is -0.508 e. The maximum atomic E-state index is 14.6. The Bertz CT molecular complexity index is 2390. The van der Waals surface area contributed by atoms with Gasteiger partial charge in [0.15, 0.2) is 0 Å². The Morgan fingerprint density at radius 1 is 0.797 bits per heavy atom. The molecule has 2 fully saturated rings. The number of aliphatic carboxylic acids is 2. The van der Waals surface area contributed by atoms with Crippen molar-refractivity contribution >= 4 is 98.5 Å². The predicted octanol–water partition coefficient (Wildman–Crippen LogP) is -2.20. The number of phenols is 1. The zero-order valence-corrected chi connectivity index (χ0v) is 45.4. The number of phenolic OH excluding ortho intramolecular Hbond substituents is 1. The topological polar surface area (TPSA) is 434 Å². The normalized spacial score (nSPS) is 22.6. The van der Waals surface area contributed by atoms with Crippen LogP contribution in [0.5, 0.6) is 5.75 Å². The molecule has 27 nitrogen and oxygen atoms in total. The van der Waals surface area contributed by atoms with Crippen LogP contribution >= 0.6 is 21.6 Å². The number of carboxylic acid groups (broad SMARTS) is 2. The highest BCUT2D eigenvalue weighted by molar-refractivity contribution is 8.76. The highest BCUT2D eigenvalue weighted by Crippen LogP contribution is 2.26. The summed E-state index contributed by atoms with van der Waals surface area (Å²) in [5, 5.41) is 46.3. The van der Waals surface area contributed by atoms with Gasteiger partial charge in [-0.25, -0.2) is 4.79 Å². The molecule has 9 atom stereocenters. The molecule has 1 aromatic rings. The van der Waals surface area contributed by atoms with Crippen molar-refractivity contribution in [2.24, 2.45) is 23.3 Å². The summed E-state index contributed by atoms with van der Waals surface area (Å²) in [7, 11) is 1.94. The molecule has 79 heavy (non-hydrogen) atoms. The number of carboxylic acids is 2. The SMILES string of the molecule is CC[C@H](C)[C@@H]1NC(=O)[C@H](Cc2ccc(O)cc2)NC(=O)[C@@H](NC(C)=O)CSSC[C@@H](C(=O)N2CCC[C@H]2C(=O)N[C@@H](CC(C)C)C(=O)NCC(=O)O)NC(=O)[C@H](CC(N)=O)NC(=O)[C@H](CCC(N)=O)NC1=O.O=C(O)C(F)(F)F. The van der Waals surface area contributed by atoms with E-state index in [9.17, 15) is 75.8 Å². The number of aromatic hydroxyl groups is 1. The summed E-state index contributed by atoms with van der Waals surface area (Å²) in [5.41, 5.74) is 11.4. The Labute approximate surface area is 459 Å². The summed E-state index contributed by atoms with van der Waals surface area (Å²) >= 11 is 0. The molecule has 0 spiro atoms. The van der Waals surface area contributed by atoms with Gasteiger partial charge in [0.2, 0.25) is 65.0 Å². The minimum atomic E-state index is -5.08. The number of primary amides is 2. The van der Waals surface area contributed by atoms with Crippen LogP contribution in [-0.4, -0.2) is 176 Å². The van der Waals surface area contributed by atoms with E-state index in [1.165, 1.54) is 29.2 Å². The third-order valence-corrected chi connectivity index (χ3v) is 14.3. The Morgan fingerprint density at radius 3 is 1.91 bits per heavy atom. The Hall–Kier alpha value is -7.38. The lowest BCUT2D eigenvalue weighted by molar-refractivity contribution is -0.192. The standard InChI is InChI=1S/C45H67N11O14S2.C2HF3O2/c1-6-23(4)37-44(69)50-27(13-14-34(46)59)39(64)52-30(18-35(47)60)40(65)54-32(45(70)56-15-7-8-33(56)43(68)53-28(16-22(2)3)38(63)48-19-36(61)62)21-72-71-20-31(49-24(5)57)42(67)51-29(41(66)55-37)17-25-9-11-26(58)12-10-25;3-2(4,5)1(6)7/h9-12,22-23,27-33,37,58H,6-8,13-21H2,1-5H3,(H2,46,59)(H2,47,60)(H,48,63)(H,49,57)(H,50,69)(H,51,67)(H,52,64)(H,53,68)(H,54,65)(H,55,66)(H,61,62);(H,6,7)/t23-,27-,28-,29-,30-,31-,32-,33-,37-;/m0./s1. The summed E-state index contributed by atoms with van der Waals surface area (Å²) in [6.45, 7) is 7.38. The summed E-state index contributed by atoms with van der Waals surface area (Å²) in [6, 6.07) is -5.62. The molecule has 32 heteroatoms. The van der Waals surface area contributed by atoms with Crippen molar-refractivity contribution in [3.63, 3.8) is 0 Å². The number of hydrogen-bond acceptors (Lipinski definition) is 16. The molecule has 440 valence electrons. The zero-order chi connectivity index (χ0) is 59.9. The Morgan fingerprint density at radius 2 is 1.37 bits per heavy atom. The van der Waals surface area contributed by atoms with Crippen molar-refractivity contribution in [2.45, 2.75) is 140 Å². The first-order valence-electron chi connectivity index (χ1n) is 24.6. The number of carbonyl (C=O) groups is 13. The van der Waals surface area contributed by atoms with Crippen molar-refractivity contribution in [3.8, 4) is 5.75 Å². The van der Waals surface area contributed by atoms with E-state index in [1.54, 1.807) is 27.7 Å². The fourth-order valence-electron chi connectivity index (χ4n) is 7.67. The van der Waals surface area contributed by atoms with Crippen LogP contribution in [0.25, 0.3) is 0 Å². The zero-order valence-electron chi connectivity index (χ0n) is 43.8. The van der Waals surface area contributed by atoms with Crippen molar-refractivity contribution < 1.29 is 90.8 Å². The van der Waals surface area contributed by atoms with E-state index < -0.39 is 163 Å². The summed E-state index contributed by atoms with van der Waals surface area (Å²) in [5.74, 6) is -15.0. The van der Waals surface area contributed by atoms with Gasteiger partial charge in [0.1, 0.15) is 60.6 Å². The van der Waals surface area contributed by atoms with Crippen molar-refractivity contribution in [1.29, 1.82) is 0 Å². The molecule has 3 rings (SSSR count). The highest BCUT2D eigenvalue weighted by Gasteiger charge is 2.42. The largest absolute Gasteiger partial charge is 0.508 e. The second-order valence-electron chi connectivity index (χ2n) is 18.8. The maximum Gasteiger partial charge on any atom is 0.490 e. The summed E-state index contributed by atoms with van der Waals surface area (Å²) in [4.78, 5) is 170. The van der Waals surface area contributed by atoms with Crippen LogP contribution in [0.15, 0.2) is 24.3 Å². The van der Waals surface area contributed by atoms with Gasteiger partial charge in [-0.1, -0.05) is 67.8 Å². The number of nitrogens with one attached hydrogen (secondary N) is 8. The molecule has 0 bridgehead atoms. The van der Waals surface area contributed by atoms with Gasteiger partial charge >= 0.3 is 18.1 Å². The number of likely N-dealkylation sites (tertiary alicyclic amines) is 1. The van der Waals surface area contributed by atoms with Crippen LogP contribution in [0.4, 0.5) is 13.2 Å². The van der Waals surface area contributed by atoms with Crippen LogP contribution in [-0.2, 0) is 68.7 Å². The minimum absolute atomic E-state index is 0.00512. The van der Waals surface area contributed by atoms with Gasteiger partial charge < -0.3 is 74.2 Å². The molecule has 2 saturated heterocycles. The first kappa shape index (κ1) is 67.7. The van der Waals surface area contributed by atoms with Gasteiger partial charge in [0, 0.05) is 37.8 Å². The number of alkyl halides is 3. The van der Waals surface area contributed by atoms with E-state index in [2.05, 4.69) is 42.5 Å². The molecular formula is C47H68F3N11O16S2. The predicted molar refractivity (Wildman–Crippen MR) is 276 cm³/mol. The molecule has 1 aromatic carbocycles. The molecule has 2 aliphatic heterocycles. The fourth-order valence-corrected chi connectivity index (χ4v) is 9.99. The van der Waals surface area contributed by atoms with Crippen LogP contribution in [0.3, 0.4) is 0 Å². The van der Waals surface area contributed by atoms with E-state index >= 15 is 0 Å². The summed E-state index contributed by atoms with van der Waals surface area (Å²) in [6.07, 6.45) is -6.09. The van der Waals surface area contributed by atoms with E-state index in [-0.39, 0.29) is 49.0 Å². The average molecular weight is 1160 g/mol. The second kappa shape index (κ2) is 32.5. The van der Waals surface area contributed by atoms with Gasteiger partial charge in [0.25, 0.3) is 0 Å². The third kappa shape index (κ3) is 24.0. The average Bonchev–Trinajstić information content (AvgIpc) is 3.85. The van der Waals surface area contributed by atoms with Gasteiger partial charge in [-0.05, 0) is 55.2 Å². The number of amides is 11. The molecule has 0 saturated carbocycles. The van der Waals surface area contributed by atoms with Crippen LogP contribution in [0.1, 0.15) is 85.1 Å². The van der Waals surface area contributed by atoms with E-state index in [4.69, 9.17) is 26.5 Å². The number of hydrogen-bond donors (Lipinski definition) is 13. The van der Waals surface area contributed by atoms with Gasteiger partial charge in [0.05, 0.1) is 6.42 Å². The maximum absolute atomic E-state index is 14.6. The summed E-state index contributed by atoms with van der Waals surface area (Å²) < 4.78 is 31.7. The number of carbonyl (C=O) groups excluding carboxylic acids is 11.